The number of benzene rings is 1. The van der Waals surface area contributed by atoms with Crippen molar-refractivity contribution in [2.24, 2.45) is 5.10 Å². The van der Waals surface area contributed by atoms with Crippen LogP contribution < -0.4 is 10.2 Å². The van der Waals surface area contributed by atoms with E-state index in [2.05, 4.69) is 15.5 Å². The summed E-state index contributed by atoms with van der Waals surface area (Å²) in [7, 11) is 0. The molecule has 0 unspecified atom stereocenters. The third kappa shape index (κ3) is 5.76. The van der Waals surface area contributed by atoms with Crippen LogP contribution in [0.2, 0.25) is 0 Å². The highest BCUT2D eigenvalue weighted by Crippen LogP contribution is 2.24. The molecule has 1 heterocycles. The van der Waals surface area contributed by atoms with Crippen LogP contribution in [-0.4, -0.2) is 29.9 Å². The van der Waals surface area contributed by atoms with E-state index in [1.165, 1.54) is 17.6 Å². The van der Waals surface area contributed by atoms with E-state index in [1.54, 1.807) is 26.2 Å². The number of thiazole rings is 1. The molecule has 0 fully saturated rings. The molecule has 26 heavy (non-hydrogen) atoms. The lowest BCUT2D eigenvalue weighted by molar-refractivity contribution is -0.142. The number of carbonyl (C=O) groups excluding carboxylic acids is 1. The predicted molar refractivity (Wildman–Crippen MR) is 95.8 cm³/mol. The summed E-state index contributed by atoms with van der Waals surface area (Å²) in [4.78, 5) is 15.6. The molecule has 0 bridgehead atoms. The number of hydrogen-bond acceptors (Lipinski definition) is 7. The minimum absolute atomic E-state index is 0.0729. The van der Waals surface area contributed by atoms with Crippen molar-refractivity contribution in [1.82, 2.24) is 4.98 Å². The van der Waals surface area contributed by atoms with Gasteiger partial charge in [0.15, 0.2) is 17.4 Å². The number of halogens is 2. The Morgan fingerprint density at radius 3 is 2.69 bits per heavy atom. The number of hydrazone groups is 1. The van der Waals surface area contributed by atoms with Crippen molar-refractivity contribution in [3.63, 3.8) is 0 Å². The fourth-order valence-corrected chi connectivity index (χ4v) is 2.62. The molecular weight excluding hydrogens is 364 g/mol. The minimum Gasteiger partial charge on any atom is -0.485 e. The standard InChI is InChI=1S/C17H19F2N3O3S/c1-4-24-15(23)7-12-9-26-17(21-12)22-20-8-11-5-13(18)16(14(19)6-11)25-10(2)3/h5-6,8-10H,4,7H2,1-3H3,(H,21,22). The Morgan fingerprint density at radius 1 is 1.38 bits per heavy atom. The first-order valence-electron chi connectivity index (χ1n) is 7.93. The number of nitrogens with one attached hydrogen (secondary N) is 1. The lowest BCUT2D eigenvalue weighted by atomic mass is 10.2. The molecule has 6 nitrogen and oxygen atoms in total. The number of ether oxygens (including phenoxy) is 2. The molecular formula is C17H19F2N3O3S. The zero-order valence-corrected chi connectivity index (χ0v) is 15.4. The van der Waals surface area contributed by atoms with Gasteiger partial charge in [0.1, 0.15) is 0 Å². The highest BCUT2D eigenvalue weighted by Gasteiger charge is 2.13. The molecule has 0 saturated carbocycles. The van der Waals surface area contributed by atoms with Crippen LogP contribution in [0.25, 0.3) is 0 Å². The van der Waals surface area contributed by atoms with Gasteiger partial charge in [-0.15, -0.1) is 11.3 Å². The Labute approximate surface area is 153 Å². The molecule has 0 amide bonds. The summed E-state index contributed by atoms with van der Waals surface area (Å²) in [6.45, 7) is 5.41. The van der Waals surface area contributed by atoms with Gasteiger partial charge in [-0.1, -0.05) is 0 Å². The molecule has 2 rings (SSSR count). The van der Waals surface area contributed by atoms with E-state index in [0.29, 0.717) is 17.4 Å². The molecule has 1 N–H and O–H groups in total. The lowest BCUT2D eigenvalue weighted by Gasteiger charge is -2.11. The summed E-state index contributed by atoms with van der Waals surface area (Å²) in [5.74, 6) is -2.37. The smallest absolute Gasteiger partial charge is 0.311 e. The van der Waals surface area contributed by atoms with Gasteiger partial charge in [0.2, 0.25) is 5.13 Å². The van der Waals surface area contributed by atoms with Gasteiger partial charge in [0, 0.05) is 10.9 Å². The third-order valence-electron chi connectivity index (χ3n) is 2.93. The minimum atomic E-state index is -0.800. The van der Waals surface area contributed by atoms with E-state index < -0.39 is 17.4 Å². The monoisotopic (exact) mass is 383 g/mol. The summed E-state index contributed by atoms with van der Waals surface area (Å²) in [5, 5.41) is 6.04. The van der Waals surface area contributed by atoms with E-state index in [-0.39, 0.29) is 24.1 Å². The second-order valence-electron chi connectivity index (χ2n) is 5.48. The van der Waals surface area contributed by atoms with Crippen LogP contribution >= 0.6 is 11.3 Å². The zero-order valence-electron chi connectivity index (χ0n) is 14.6. The normalized spacial score (nSPS) is 11.2. The van der Waals surface area contributed by atoms with Crippen LogP contribution in [0.15, 0.2) is 22.6 Å². The summed E-state index contributed by atoms with van der Waals surface area (Å²) in [5.41, 5.74) is 3.44. The Bertz CT molecular complexity index is 770. The topological polar surface area (TPSA) is 72.8 Å². The quantitative estimate of drug-likeness (QED) is 0.427. The maximum atomic E-state index is 13.9. The highest BCUT2D eigenvalue weighted by atomic mass is 32.1. The lowest BCUT2D eigenvalue weighted by Crippen LogP contribution is -2.09. The largest absolute Gasteiger partial charge is 0.485 e. The Balaban J connectivity index is 1.98. The van der Waals surface area contributed by atoms with Gasteiger partial charge >= 0.3 is 5.97 Å². The molecule has 0 radical (unpaired) electrons. The van der Waals surface area contributed by atoms with Crippen LogP contribution in [0.1, 0.15) is 32.0 Å². The average molecular weight is 383 g/mol. The number of anilines is 1. The molecule has 0 aliphatic heterocycles. The Hall–Kier alpha value is -2.55. The molecule has 0 aliphatic carbocycles. The van der Waals surface area contributed by atoms with E-state index in [9.17, 15) is 13.6 Å². The van der Waals surface area contributed by atoms with E-state index >= 15 is 0 Å². The van der Waals surface area contributed by atoms with E-state index in [0.717, 1.165) is 12.1 Å². The molecule has 0 aliphatic rings. The van der Waals surface area contributed by atoms with Gasteiger partial charge < -0.3 is 9.47 Å². The number of esters is 1. The first kappa shape index (κ1) is 19.8. The fourth-order valence-electron chi connectivity index (χ4n) is 1.96. The zero-order chi connectivity index (χ0) is 19.1. The van der Waals surface area contributed by atoms with Crippen LogP contribution in [0.3, 0.4) is 0 Å². The maximum Gasteiger partial charge on any atom is 0.311 e. The third-order valence-corrected chi connectivity index (χ3v) is 3.73. The number of nitrogens with zero attached hydrogens (tertiary/aromatic N) is 2. The molecule has 0 saturated heterocycles. The molecule has 9 heteroatoms. The van der Waals surface area contributed by atoms with E-state index in [4.69, 9.17) is 9.47 Å². The Morgan fingerprint density at radius 2 is 2.08 bits per heavy atom. The van der Waals surface area contributed by atoms with Crippen molar-refractivity contribution < 1.29 is 23.0 Å². The first-order chi connectivity index (χ1) is 12.4. The summed E-state index contributed by atoms with van der Waals surface area (Å²) in [6, 6.07) is 2.25. The average Bonchev–Trinajstić information content (AvgIpc) is 2.98. The van der Waals surface area contributed by atoms with Crippen molar-refractivity contribution in [1.29, 1.82) is 0 Å². The molecule has 140 valence electrons. The number of carbonyl (C=O) groups is 1. The van der Waals surface area contributed by atoms with Crippen LogP contribution in [0, 0.1) is 11.6 Å². The molecule has 1 aromatic heterocycles. The van der Waals surface area contributed by atoms with Crippen molar-refractivity contribution in [2.75, 3.05) is 12.0 Å². The van der Waals surface area contributed by atoms with Gasteiger partial charge in [-0.3, -0.25) is 10.2 Å². The number of aromatic nitrogens is 1. The SMILES string of the molecule is CCOC(=O)Cc1csc(NN=Cc2cc(F)c(OC(C)C)c(F)c2)n1. The second kappa shape index (κ2) is 9.23. The van der Waals surface area contributed by atoms with E-state index in [1.807, 2.05) is 0 Å². The van der Waals surface area contributed by atoms with Gasteiger partial charge in [0.25, 0.3) is 0 Å². The number of rotatable bonds is 8. The van der Waals surface area contributed by atoms with Crippen molar-refractivity contribution in [3.05, 3.63) is 40.4 Å². The Kier molecular flexibility index (Phi) is 7.02. The molecule has 0 spiro atoms. The second-order valence-corrected chi connectivity index (χ2v) is 6.33. The van der Waals surface area contributed by atoms with Gasteiger partial charge in [-0.25, -0.2) is 13.8 Å². The summed E-state index contributed by atoms with van der Waals surface area (Å²) >= 11 is 1.25. The van der Waals surface area contributed by atoms with Gasteiger partial charge in [0.05, 0.1) is 31.0 Å². The summed E-state index contributed by atoms with van der Waals surface area (Å²) in [6.07, 6.45) is 0.996. The molecule has 1 aromatic carbocycles. The molecule has 0 atom stereocenters. The number of hydrogen-bond donors (Lipinski definition) is 1. The van der Waals surface area contributed by atoms with Crippen molar-refractivity contribution in [3.8, 4) is 5.75 Å². The maximum absolute atomic E-state index is 13.9. The van der Waals surface area contributed by atoms with Gasteiger partial charge in [-0.2, -0.15) is 5.10 Å². The van der Waals surface area contributed by atoms with Crippen molar-refractivity contribution in [2.45, 2.75) is 33.3 Å². The van der Waals surface area contributed by atoms with Crippen LogP contribution in [0.4, 0.5) is 13.9 Å². The predicted octanol–water partition coefficient (Wildman–Crippen LogP) is 3.76. The molecule has 2 aromatic rings. The first-order valence-corrected chi connectivity index (χ1v) is 8.81. The van der Waals surface area contributed by atoms with Gasteiger partial charge in [-0.05, 0) is 32.9 Å². The van der Waals surface area contributed by atoms with Crippen LogP contribution in [-0.2, 0) is 16.0 Å². The highest BCUT2D eigenvalue weighted by molar-refractivity contribution is 7.13. The van der Waals surface area contributed by atoms with Crippen molar-refractivity contribution >= 4 is 28.7 Å². The fraction of sp³-hybridized carbons (Fsp3) is 0.353. The summed E-state index contributed by atoms with van der Waals surface area (Å²) < 4.78 is 37.8. The van der Waals surface area contributed by atoms with Crippen LogP contribution in [0.5, 0.6) is 5.75 Å².